The Kier molecular flexibility index (Phi) is 5.88. The summed E-state index contributed by atoms with van der Waals surface area (Å²) in [6.45, 7) is 3.70. The smallest absolute Gasteiger partial charge is 0.276 e. The first kappa shape index (κ1) is 21.4. The van der Waals surface area contributed by atoms with Crippen LogP contribution >= 0.6 is 23.2 Å². The SMILES string of the molecule is CN1NC2=C(C=C1c1nc(C3CCNCC3)no1)N(Cc1c(Cl)ccc(F)c1Cl)CCN2. The number of nitrogens with zero attached hydrogens (tertiary/aromatic N) is 4. The maximum Gasteiger partial charge on any atom is 0.276 e. The van der Waals surface area contributed by atoms with Crippen LogP contribution in [0.15, 0.2) is 34.2 Å². The summed E-state index contributed by atoms with van der Waals surface area (Å²) in [6, 6.07) is 2.81. The quantitative estimate of drug-likeness (QED) is 0.577. The van der Waals surface area contributed by atoms with Crippen molar-refractivity contribution >= 4 is 28.9 Å². The molecule has 1 aromatic heterocycles. The largest absolute Gasteiger partial charge is 0.367 e. The normalized spacial score (nSPS) is 19.4. The Bertz CT molecular complexity index is 1080. The van der Waals surface area contributed by atoms with Crippen LogP contribution in [0, 0.1) is 5.82 Å². The molecular weight excluding hydrogens is 456 g/mol. The second-order valence-corrected chi connectivity index (χ2v) is 8.90. The van der Waals surface area contributed by atoms with E-state index in [0.717, 1.165) is 49.0 Å². The summed E-state index contributed by atoms with van der Waals surface area (Å²) in [5, 5.41) is 13.3. The number of hydrazine groups is 1. The van der Waals surface area contributed by atoms with Crippen LogP contribution in [0.4, 0.5) is 4.39 Å². The molecule has 3 aliphatic rings. The lowest BCUT2D eigenvalue weighted by Crippen LogP contribution is -2.49. The summed E-state index contributed by atoms with van der Waals surface area (Å²) in [5.74, 6) is 1.85. The molecule has 2 aromatic rings. The molecule has 0 aliphatic carbocycles. The van der Waals surface area contributed by atoms with Crippen molar-refractivity contribution in [2.45, 2.75) is 25.3 Å². The maximum atomic E-state index is 14.0. The Balaban J connectivity index is 1.44. The van der Waals surface area contributed by atoms with E-state index in [-0.39, 0.29) is 5.02 Å². The topological polar surface area (TPSA) is 81.5 Å². The molecule has 0 bridgehead atoms. The molecule has 0 atom stereocenters. The van der Waals surface area contributed by atoms with Crippen molar-refractivity contribution < 1.29 is 8.91 Å². The molecule has 8 nitrogen and oxygen atoms in total. The monoisotopic (exact) mass is 479 g/mol. The van der Waals surface area contributed by atoms with Crippen LogP contribution in [0.3, 0.4) is 0 Å². The van der Waals surface area contributed by atoms with Gasteiger partial charge < -0.3 is 20.1 Å². The molecule has 1 saturated heterocycles. The van der Waals surface area contributed by atoms with E-state index in [1.807, 2.05) is 18.1 Å². The third kappa shape index (κ3) is 4.00. The van der Waals surface area contributed by atoms with Gasteiger partial charge in [0, 0.05) is 43.2 Å². The van der Waals surface area contributed by atoms with Crippen LogP contribution in [0.25, 0.3) is 5.70 Å². The Labute approximate surface area is 195 Å². The summed E-state index contributed by atoms with van der Waals surface area (Å²) < 4.78 is 19.7. The van der Waals surface area contributed by atoms with E-state index >= 15 is 0 Å². The molecular formula is C21H24Cl2FN7O. The first-order valence-electron chi connectivity index (χ1n) is 10.6. The van der Waals surface area contributed by atoms with Gasteiger partial charge in [-0.15, -0.1) is 0 Å². The minimum absolute atomic E-state index is 0.0480. The molecule has 11 heteroatoms. The van der Waals surface area contributed by atoms with Gasteiger partial charge in [-0.25, -0.2) is 4.39 Å². The van der Waals surface area contributed by atoms with Crippen LogP contribution in [0.2, 0.25) is 10.0 Å². The molecule has 0 saturated carbocycles. The second-order valence-electron chi connectivity index (χ2n) is 8.11. The van der Waals surface area contributed by atoms with Crippen LogP contribution in [0.1, 0.15) is 36.0 Å². The van der Waals surface area contributed by atoms with E-state index < -0.39 is 5.82 Å². The fraction of sp³-hybridized carbons (Fsp3) is 0.429. The standard InChI is InChI=1S/C21H24Cl2FN7O/c1-30-17(21-27-19(29-32-21)12-4-6-25-7-5-12)10-16-20(28-30)26-8-9-31(16)11-13-14(22)2-3-15(24)18(13)23/h2-3,10,12,25-26,28H,4-9,11H2,1H3. The van der Waals surface area contributed by atoms with E-state index in [1.54, 1.807) is 0 Å². The fourth-order valence-corrected chi connectivity index (χ4v) is 4.75. The molecule has 3 N–H and O–H groups in total. The van der Waals surface area contributed by atoms with Gasteiger partial charge in [-0.3, -0.25) is 10.4 Å². The van der Waals surface area contributed by atoms with E-state index in [0.29, 0.717) is 42.0 Å². The molecule has 0 unspecified atom stereocenters. The number of aromatic nitrogens is 2. The minimum atomic E-state index is -0.482. The molecule has 32 heavy (non-hydrogen) atoms. The van der Waals surface area contributed by atoms with Crippen molar-refractivity contribution in [3.8, 4) is 0 Å². The van der Waals surface area contributed by atoms with Crippen molar-refractivity contribution in [3.05, 3.63) is 62.9 Å². The molecule has 170 valence electrons. The van der Waals surface area contributed by atoms with Crippen molar-refractivity contribution in [3.63, 3.8) is 0 Å². The number of hydrogen-bond acceptors (Lipinski definition) is 8. The predicted octanol–water partition coefficient (Wildman–Crippen LogP) is 3.05. The molecule has 3 aliphatic heterocycles. The Morgan fingerprint density at radius 3 is 2.84 bits per heavy atom. The van der Waals surface area contributed by atoms with Crippen molar-refractivity contribution in [1.29, 1.82) is 0 Å². The van der Waals surface area contributed by atoms with Gasteiger partial charge in [0.05, 0.1) is 10.7 Å². The van der Waals surface area contributed by atoms with Crippen LogP contribution in [-0.4, -0.2) is 53.3 Å². The van der Waals surface area contributed by atoms with Gasteiger partial charge in [0.1, 0.15) is 17.3 Å². The number of halogens is 3. The summed E-state index contributed by atoms with van der Waals surface area (Å²) in [4.78, 5) is 6.79. The van der Waals surface area contributed by atoms with Crippen LogP contribution in [-0.2, 0) is 6.54 Å². The number of allylic oxidation sites excluding steroid dienone is 1. The van der Waals surface area contributed by atoms with Gasteiger partial charge in [-0.2, -0.15) is 4.98 Å². The number of nitrogens with one attached hydrogen (secondary N) is 3. The number of rotatable bonds is 4. The lowest BCUT2D eigenvalue weighted by Gasteiger charge is -2.39. The van der Waals surface area contributed by atoms with Gasteiger partial charge in [0.25, 0.3) is 5.89 Å². The van der Waals surface area contributed by atoms with Crippen LogP contribution < -0.4 is 16.1 Å². The predicted molar refractivity (Wildman–Crippen MR) is 120 cm³/mol. The first-order valence-corrected chi connectivity index (χ1v) is 11.4. The third-order valence-electron chi connectivity index (χ3n) is 6.05. The molecule has 0 amide bonds. The molecule has 4 heterocycles. The highest BCUT2D eigenvalue weighted by Crippen LogP contribution is 2.33. The molecule has 0 radical (unpaired) electrons. The highest BCUT2D eigenvalue weighted by molar-refractivity contribution is 6.36. The second kappa shape index (κ2) is 8.80. The van der Waals surface area contributed by atoms with E-state index in [1.165, 1.54) is 12.1 Å². The van der Waals surface area contributed by atoms with Gasteiger partial charge in [-0.05, 0) is 44.1 Å². The average Bonchev–Trinajstić information content (AvgIpc) is 3.29. The lowest BCUT2D eigenvalue weighted by atomic mass is 9.98. The third-order valence-corrected chi connectivity index (χ3v) is 6.81. The van der Waals surface area contributed by atoms with E-state index in [2.05, 4.69) is 31.1 Å². The Hall–Kier alpha value is -2.49. The summed E-state index contributed by atoms with van der Waals surface area (Å²) in [5.41, 5.74) is 5.53. The van der Waals surface area contributed by atoms with Gasteiger partial charge in [0.15, 0.2) is 5.82 Å². The van der Waals surface area contributed by atoms with Gasteiger partial charge in [-0.1, -0.05) is 28.4 Å². The van der Waals surface area contributed by atoms with Crippen molar-refractivity contribution in [2.24, 2.45) is 0 Å². The maximum absolute atomic E-state index is 14.0. The number of benzene rings is 1. The highest BCUT2D eigenvalue weighted by atomic mass is 35.5. The molecule has 0 spiro atoms. The zero-order chi connectivity index (χ0) is 22.2. The molecule has 1 fully saturated rings. The number of hydrogen-bond donors (Lipinski definition) is 3. The fourth-order valence-electron chi connectivity index (χ4n) is 4.26. The minimum Gasteiger partial charge on any atom is -0.367 e. The summed E-state index contributed by atoms with van der Waals surface area (Å²) in [7, 11) is 1.89. The lowest BCUT2D eigenvalue weighted by molar-refractivity contribution is 0.269. The summed E-state index contributed by atoms with van der Waals surface area (Å²) >= 11 is 12.6. The highest BCUT2D eigenvalue weighted by Gasteiger charge is 2.30. The zero-order valence-corrected chi connectivity index (χ0v) is 19.1. The summed E-state index contributed by atoms with van der Waals surface area (Å²) in [6.07, 6.45) is 3.97. The molecule has 1 aromatic carbocycles. The van der Waals surface area contributed by atoms with E-state index in [4.69, 9.17) is 27.7 Å². The number of piperidine rings is 1. The van der Waals surface area contributed by atoms with Crippen LogP contribution in [0.5, 0.6) is 0 Å². The van der Waals surface area contributed by atoms with Crippen molar-refractivity contribution in [1.82, 2.24) is 36.1 Å². The zero-order valence-electron chi connectivity index (χ0n) is 17.6. The first-order chi connectivity index (χ1) is 15.5. The Morgan fingerprint density at radius 2 is 2.03 bits per heavy atom. The van der Waals surface area contributed by atoms with E-state index in [9.17, 15) is 4.39 Å². The average molecular weight is 480 g/mol. The molecule has 5 rings (SSSR count). The van der Waals surface area contributed by atoms with Crippen molar-refractivity contribution in [2.75, 3.05) is 33.2 Å². The van der Waals surface area contributed by atoms with Gasteiger partial charge >= 0.3 is 0 Å². The Morgan fingerprint density at radius 1 is 1.22 bits per heavy atom. The van der Waals surface area contributed by atoms with Gasteiger partial charge in [0.2, 0.25) is 0 Å².